The van der Waals surface area contributed by atoms with Gasteiger partial charge in [0, 0.05) is 68.1 Å². The maximum Gasteiger partial charge on any atom is 0.311 e. The topological polar surface area (TPSA) is 193 Å². The molecule has 3 fully saturated rings. The van der Waals surface area contributed by atoms with Crippen LogP contribution in [0.4, 0.5) is 0 Å². The van der Waals surface area contributed by atoms with E-state index in [9.17, 15) is 30.0 Å². The van der Waals surface area contributed by atoms with E-state index in [-0.39, 0.29) is 43.2 Å². The fraction of sp³-hybridized carbons (Fsp3) is 0.706. The van der Waals surface area contributed by atoms with Crippen LogP contribution in [0.15, 0.2) is 54.8 Å². The number of fused-ring (bicyclic) bond motifs is 1. The van der Waals surface area contributed by atoms with Gasteiger partial charge in [0.1, 0.15) is 23.9 Å². The molecule has 1 unspecified atom stereocenters. The van der Waals surface area contributed by atoms with E-state index < -0.39 is 84.3 Å². The molecule has 0 saturated carbocycles. The van der Waals surface area contributed by atoms with Crippen LogP contribution in [-0.4, -0.2) is 159 Å². The first kappa shape index (κ1) is 53.6. The zero-order valence-corrected chi connectivity index (χ0v) is 41.3. The highest BCUT2D eigenvalue weighted by Crippen LogP contribution is 2.39. The summed E-state index contributed by atoms with van der Waals surface area (Å²) < 4.78 is 32.4. The molecular formula is C51H80N4O11. The van der Waals surface area contributed by atoms with Gasteiger partial charge in [0.2, 0.25) is 5.91 Å². The third-order valence-corrected chi connectivity index (χ3v) is 14.1. The number of cyclic esters (lactones) is 1. The molecule has 16 atom stereocenters. The zero-order valence-electron chi connectivity index (χ0n) is 41.3. The monoisotopic (exact) mass is 925 g/mol. The summed E-state index contributed by atoms with van der Waals surface area (Å²) in [5, 5.41) is 51.6. The summed E-state index contributed by atoms with van der Waals surface area (Å²) in [6.07, 6.45) is -0.111. The summed E-state index contributed by atoms with van der Waals surface area (Å²) in [7, 11) is 4.05. The lowest BCUT2D eigenvalue weighted by molar-refractivity contribution is -0.283. The maximum absolute atomic E-state index is 14.4. The minimum absolute atomic E-state index is 0.115. The number of esters is 1. The number of hydrogen-bond donors (Lipinski definition) is 5. The summed E-state index contributed by atoms with van der Waals surface area (Å²) in [5.41, 5.74) is -1.18. The van der Waals surface area contributed by atoms with Gasteiger partial charge in [-0.25, -0.2) is 0 Å². The Kier molecular flexibility index (Phi) is 18.9. The molecule has 1 aromatic carbocycles. The number of nitrogens with one attached hydrogen (secondary N) is 1. The van der Waals surface area contributed by atoms with E-state index in [1.54, 1.807) is 40.0 Å². The summed E-state index contributed by atoms with van der Waals surface area (Å²) in [6, 6.07) is 9.28. The van der Waals surface area contributed by atoms with Gasteiger partial charge in [0.25, 0.3) is 0 Å². The van der Waals surface area contributed by atoms with Crippen LogP contribution in [0.1, 0.15) is 106 Å². The summed E-state index contributed by atoms with van der Waals surface area (Å²) in [6.45, 7) is 21.4. The predicted octanol–water partition coefficient (Wildman–Crippen LogP) is 5.22. The highest BCUT2D eigenvalue weighted by atomic mass is 16.7. The van der Waals surface area contributed by atoms with E-state index in [0.29, 0.717) is 38.0 Å². The van der Waals surface area contributed by atoms with Crippen molar-refractivity contribution in [2.75, 3.05) is 33.7 Å². The number of nitrogens with zero attached hydrogens (tertiary/aromatic N) is 3. The van der Waals surface area contributed by atoms with Crippen LogP contribution in [0.5, 0.6) is 0 Å². The van der Waals surface area contributed by atoms with Crippen molar-refractivity contribution < 1.29 is 53.7 Å². The largest absolute Gasteiger partial charge is 0.459 e. The Morgan fingerprint density at radius 1 is 1.05 bits per heavy atom. The van der Waals surface area contributed by atoms with Gasteiger partial charge in [0.15, 0.2) is 12.6 Å². The molecule has 1 amide bonds. The predicted molar refractivity (Wildman–Crippen MR) is 254 cm³/mol. The van der Waals surface area contributed by atoms with Crippen molar-refractivity contribution in [3.8, 4) is 0 Å². The van der Waals surface area contributed by atoms with E-state index in [0.717, 1.165) is 22.9 Å². The number of carbonyl (C=O) groups is 2. The number of para-hydroxylation sites is 1. The number of benzene rings is 1. The SMILES string of the molecule is C=C1C[C@H](OC2[C@@H](C)C(=O)O[C@H](CC)[C@@](C)(O)[C@H](O)[C@@H](C)N(CCCNC(=O)/C=C/c3cnc4ccccc4c3)C[C@H](C)C[C@@](C)(O)[C@H](O[C@H]3C[C@@H](N(C)C)C[C@@H](C)O3)[C@H]2C)O[C@@H](C)[C@@H]1O. The van der Waals surface area contributed by atoms with Crippen LogP contribution >= 0.6 is 0 Å². The van der Waals surface area contributed by atoms with Crippen molar-refractivity contribution in [2.45, 2.75) is 179 Å². The van der Waals surface area contributed by atoms with Crippen LogP contribution in [0.2, 0.25) is 0 Å². The molecule has 5 rings (SSSR count). The van der Waals surface area contributed by atoms with Crippen molar-refractivity contribution in [3.05, 3.63) is 60.3 Å². The van der Waals surface area contributed by atoms with Crippen molar-refractivity contribution in [3.63, 3.8) is 0 Å². The van der Waals surface area contributed by atoms with Crippen LogP contribution in [0.25, 0.3) is 17.0 Å². The van der Waals surface area contributed by atoms with Gasteiger partial charge in [-0.3, -0.25) is 19.5 Å². The fourth-order valence-electron chi connectivity index (χ4n) is 10.3. The Labute approximate surface area is 392 Å². The number of aliphatic hydroxyl groups excluding tert-OH is 2. The average molecular weight is 925 g/mol. The van der Waals surface area contributed by atoms with Gasteiger partial charge >= 0.3 is 5.97 Å². The lowest BCUT2D eigenvalue weighted by Gasteiger charge is -2.46. The molecule has 370 valence electrons. The first-order valence-electron chi connectivity index (χ1n) is 24.0. The van der Waals surface area contributed by atoms with Crippen LogP contribution in [0.3, 0.4) is 0 Å². The molecule has 15 nitrogen and oxygen atoms in total. The third-order valence-electron chi connectivity index (χ3n) is 14.1. The number of aliphatic hydroxyl groups is 4. The number of pyridine rings is 1. The molecule has 66 heavy (non-hydrogen) atoms. The lowest BCUT2D eigenvalue weighted by Crippen LogP contribution is -2.59. The van der Waals surface area contributed by atoms with Gasteiger partial charge in [0.05, 0.1) is 41.5 Å². The van der Waals surface area contributed by atoms with Crippen LogP contribution < -0.4 is 5.32 Å². The first-order valence-corrected chi connectivity index (χ1v) is 24.0. The number of hydrogen-bond acceptors (Lipinski definition) is 14. The highest BCUT2D eigenvalue weighted by molar-refractivity contribution is 5.92. The van der Waals surface area contributed by atoms with Crippen LogP contribution in [-0.2, 0) is 33.3 Å². The minimum atomic E-state index is -1.88. The number of ether oxygens (including phenoxy) is 5. The second kappa shape index (κ2) is 23.3. The van der Waals surface area contributed by atoms with E-state index >= 15 is 0 Å². The van der Waals surface area contributed by atoms with Gasteiger partial charge in [-0.2, -0.15) is 0 Å². The quantitative estimate of drug-likeness (QED) is 0.0806. The zero-order chi connectivity index (χ0) is 48.7. The Bertz CT molecular complexity index is 1940. The minimum Gasteiger partial charge on any atom is -0.459 e. The smallest absolute Gasteiger partial charge is 0.311 e. The lowest BCUT2D eigenvalue weighted by atomic mass is 9.77. The normalized spacial score (nSPS) is 38.2. The van der Waals surface area contributed by atoms with Crippen molar-refractivity contribution >= 4 is 28.9 Å². The second-order valence-electron chi connectivity index (χ2n) is 20.2. The third kappa shape index (κ3) is 13.7. The van der Waals surface area contributed by atoms with E-state index in [2.05, 4.69) is 26.7 Å². The number of rotatable bonds is 12. The van der Waals surface area contributed by atoms with Crippen molar-refractivity contribution in [1.29, 1.82) is 0 Å². The Hall–Kier alpha value is -3.35. The average Bonchev–Trinajstić information content (AvgIpc) is 3.26. The molecule has 0 bridgehead atoms. The summed E-state index contributed by atoms with van der Waals surface area (Å²) >= 11 is 0. The fourth-order valence-corrected chi connectivity index (χ4v) is 10.3. The summed E-state index contributed by atoms with van der Waals surface area (Å²) in [5.74, 6) is -2.77. The Balaban J connectivity index is 1.43. The molecule has 15 heteroatoms. The van der Waals surface area contributed by atoms with Gasteiger partial charge < -0.3 is 54.3 Å². The van der Waals surface area contributed by atoms with E-state index in [1.807, 2.05) is 72.1 Å². The highest BCUT2D eigenvalue weighted by Gasteiger charge is 2.50. The molecule has 2 aromatic rings. The molecule has 3 saturated heterocycles. The molecule has 5 N–H and O–H groups in total. The second-order valence-corrected chi connectivity index (χ2v) is 20.2. The van der Waals surface area contributed by atoms with Gasteiger partial charge in [-0.15, -0.1) is 0 Å². The molecular weight excluding hydrogens is 845 g/mol. The van der Waals surface area contributed by atoms with E-state index in [1.165, 1.54) is 13.0 Å². The maximum atomic E-state index is 14.4. The molecule has 0 radical (unpaired) electrons. The molecule has 3 aliphatic rings. The molecule has 1 aromatic heterocycles. The van der Waals surface area contributed by atoms with Gasteiger partial charge in [-0.05, 0) is 117 Å². The number of aromatic nitrogens is 1. The van der Waals surface area contributed by atoms with Gasteiger partial charge in [-0.1, -0.05) is 45.5 Å². The number of carbonyl (C=O) groups excluding carboxylic acids is 2. The number of amides is 1. The molecule has 0 spiro atoms. The Morgan fingerprint density at radius 2 is 1.76 bits per heavy atom. The van der Waals surface area contributed by atoms with Crippen molar-refractivity contribution in [1.82, 2.24) is 20.1 Å². The Morgan fingerprint density at radius 3 is 2.44 bits per heavy atom. The van der Waals surface area contributed by atoms with Crippen molar-refractivity contribution in [2.24, 2.45) is 17.8 Å². The summed E-state index contributed by atoms with van der Waals surface area (Å²) in [4.78, 5) is 36.1. The van der Waals surface area contributed by atoms with E-state index in [4.69, 9.17) is 23.7 Å². The molecule has 4 heterocycles. The van der Waals surface area contributed by atoms with Crippen LogP contribution in [0, 0.1) is 17.8 Å². The molecule has 3 aliphatic heterocycles. The first-order chi connectivity index (χ1) is 31.0. The molecule has 0 aliphatic carbocycles. The standard InChI is InChI=1S/C51H80N4O11/c1-13-41-51(10,61)47(58)35(7)55(22-16-21-52-42(56)20-19-37-25-38-17-14-15-18-40(38)53-28-37)29-30(2)27-50(9,60)48(66-44-26-39(54(11)12)24-32(4)62-44)33(5)46(34(6)49(59)64-41)65-43-23-31(3)45(57)36(8)63-43/h14-15,17-20,25,28,30,32-36,39,41,43-48,57-58,60-61H,3,13,16,21-24,26-27,29H2,1-2,4-12H3,(H,52,56)/b20-19+/t30-,32-,33+,34-,35-,36+,39+,41-,43+,44+,45-,46?,47-,48-,50-,51-/m1/s1.